The van der Waals surface area contributed by atoms with Crippen LogP contribution in [0.1, 0.15) is 70.6 Å². The van der Waals surface area contributed by atoms with Gasteiger partial charge in [0.1, 0.15) is 116 Å². The topological polar surface area (TPSA) is 596 Å². The van der Waals surface area contributed by atoms with Crippen molar-refractivity contribution in [1.29, 1.82) is 0 Å². The second kappa shape index (κ2) is 31.5. The predicted molar refractivity (Wildman–Crippen MR) is 300 cm³/mol. The van der Waals surface area contributed by atoms with Crippen LogP contribution in [0, 0.1) is 11.8 Å². The molecule has 4 unspecified atom stereocenters. The van der Waals surface area contributed by atoms with E-state index in [1.807, 2.05) is 0 Å². The molecule has 6 amide bonds. The van der Waals surface area contributed by atoms with Gasteiger partial charge in [-0.05, 0) is 50.4 Å². The predicted octanol–water partition coefficient (Wildman–Crippen LogP) is -13.1. The number of nitrogens with zero attached hydrogens (tertiary/aromatic N) is 3. The quantitative estimate of drug-likeness (QED) is 0.0643. The second-order valence-corrected chi connectivity index (χ2v) is 24.2. The molecule has 510 valence electrons. The third-order valence-corrected chi connectivity index (χ3v) is 18.1. The summed E-state index contributed by atoms with van der Waals surface area (Å²) in [5.74, 6) is -7.94. The fourth-order valence-electron chi connectivity index (χ4n) is 12.8. The van der Waals surface area contributed by atoms with Crippen LogP contribution in [0.2, 0.25) is 0 Å². The van der Waals surface area contributed by atoms with Crippen molar-refractivity contribution in [3.05, 3.63) is 0 Å². The number of guanidine groups is 2. The summed E-state index contributed by atoms with van der Waals surface area (Å²) in [6, 6.07) is -12.1. The molecule has 0 aromatic carbocycles. The molecule has 6 heterocycles. The van der Waals surface area contributed by atoms with Gasteiger partial charge in [-0.25, -0.2) is 0 Å². The van der Waals surface area contributed by atoms with E-state index in [2.05, 4.69) is 47.2 Å². The Morgan fingerprint density at radius 2 is 1.04 bits per heavy atom. The molecule has 2 aliphatic carbocycles. The summed E-state index contributed by atoms with van der Waals surface area (Å²) in [6.07, 6.45) is -26.3. The van der Waals surface area contributed by atoms with Gasteiger partial charge in [-0.3, -0.25) is 38.8 Å². The van der Waals surface area contributed by atoms with Crippen LogP contribution < -0.4 is 48.7 Å². The molecule has 6 fully saturated rings. The first kappa shape index (κ1) is 70.5. The molecule has 4 saturated heterocycles. The fraction of sp³-hybridized carbons (Fsp3) is 0.849. The zero-order chi connectivity index (χ0) is 65.4. The van der Waals surface area contributed by atoms with Crippen LogP contribution in [0.3, 0.4) is 0 Å². The monoisotopic (exact) mass is 1290 g/mol. The lowest BCUT2D eigenvalue weighted by atomic mass is 9.82. The highest BCUT2D eigenvalue weighted by molar-refractivity contribution is 5.98. The fourth-order valence-corrected chi connectivity index (χ4v) is 12.8. The van der Waals surface area contributed by atoms with Crippen LogP contribution in [0.15, 0.2) is 9.98 Å². The number of nitrogens with one attached hydrogen (secondary N) is 7. The molecule has 37 nitrogen and oxygen atoms in total. The summed E-state index contributed by atoms with van der Waals surface area (Å²) >= 11 is 0. The number of nitrogens with two attached hydrogens (primary N) is 2. The minimum Gasteiger partial charge on any atom is -0.394 e. The number of rotatable bonds is 17. The number of aliphatic hydroxyl groups is 14. The van der Waals surface area contributed by atoms with Crippen molar-refractivity contribution in [2.45, 2.75) is 223 Å². The van der Waals surface area contributed by atoms with Gasteiger partial charge in [0.2, 0.25) is 35.4 Å². The summed E-state index contributed by atoms with van der Waals surface area (Å²) in [7, 11) is 0. The van der Waals surface area contributed by atoms with E-state index in [0.29, 0.717) is 12.8 Å². The van der Waals surface area contributed by atoms with Crippen molar-refractivity contribution < 1.29 is 124 Å². The summed E-state index contributed by atoms with van der Waals surface area (Å²) in [4.78, 5) is 95.9. The number of ether oxygens (including phenoxy) is 5. The van der Waals surface area contributed by atoms with Gasteiger partial charge in [0.25, 0.3) is 0 Å². The molecule has 8 aliphatic rings. The van der Waals surface area contributed by atoms with E-state index < -0.39 is 239 Å². The number of hydrogen-bond donors (Lipinski definition) is 23. The molecule has 37 heteroatoms. The number of carbonyl (C=O) groups is 6. The minimum absolute atomic E-state index is 0.0725. The maximum absolute atomic E-state index is 15.1. The number of aliphatic imine (C=N–C) groups is 2. The third-order valence-electron chi connectivity index (χ3n) is 18.1. The van der Waals surface area contributed by atoms with Crippen molar-refractivity contribution in [1.82, 2.24) is 42.1 Å². The maximum Gasteiger partial charge on any atom is 0.246 e. The minimum atomic E-state index is -2.30. The van der Waals surface area contributed by atoms with E-state index in [9.17, 15) is 90.7 Å². The number of carbonyl (C=O) groups excluding carboxylic acids is 6. The maximum atomic E-state index is 15.1. The van der Waals surface area contributed by atoms with Crippen LogP contribution in [0.5, 0.6) is 0 Å². The Balaban J connectivity index is 1.05. The Morgan fingerprint density at radius 3 is 1.67 bits per heavy atom. The molecule has 6 aliphatic heterocycles. The Labute approximate surface area is 514 Å². The van der Waals surface area contributed by atoms with Crippen molar-refractivity contribution in [2.24, 2.45) is 33.3 Å². The lowest BCUT2D eigenvalue weighted by Crippen LogP contribution is -2.70. The van der Waals surface area contributed by atoms with E-state index in [1.54, 1.807) is 0 Å². The molecule has 25 N–H and O–H groups in total. The molecule has 8 rings (SSSR count). The highest BCUT2D eigenvalue weighted by Gasteiger charge is 2.54. The molecular weight excluding hydrogens is 1200 g/mol. The molecule has 0 radical (unpaired) electrons. The standard InChI is InChI=1S/C53H88N12O25/c54-52-57-12-24(62-52)33(71)31-48(85)64-32(34(72)26-13-58-53(55)65(26)49-40(78)37(75)35(73)27(16-67)87-49)47(84)61-25(15-66)44(81)56-14-30(70)59-22(10-19-4-2-1-3-5-19)45(82)60-23(46(83)63-31)11-20-6-8-21(9-7-20)86-50-42(80)39(77)43(29(18-69)89-50)90-51-41(79)38(76)36(74)28(17-68)88-51/h19-29,31-43,49-51,66-69,71-80H,1-18H2,(H2,55,58)(H,56,81)(H,59,70)(H,60,82)(H,61,84)(H,63,83)(H,64,85)(H3,54,57,62)/t20?,21?,22-,23+,24?,25-,26?,27+,28+,29+,31-,32+,33?,34?,35+,36+,37-,38-,39+,40-,41-,42-,43+,49-,50-,51+/m0/s1. The Morgan fingerprint density at radius 1 is 0.511 bits per heavy atom. The van der Waals surface area contributed by atoms with E-state index >= 15 is 9.59 Å². The Bertz CT molecular complexity index is 2510. The Kier molecular flexibility index (Phi) is 24.7. The second-order valence-electron chi connectivity index (χ2n) is 24.2. The summed E-state index contributed by atoms with van der Waals surface area (Å²) in [5, 5.41) is 168. The van der Waals surface area contributed by atoms with Crippen molar-refractivity contribution >= 4 is 47.4 Å². The molecule has 0 aromatic heterocycles. The zero-order valence-corrected chi connectivity index (χ0v) is 49.1. The van der Waals surface area contributed by atoms with Gasteiger partial charge < -0.3 is 149 Å². The van der Waals surface area contributed by atoms with Crippen LogP contribution in [0.25, 0.3) is 0 Å². The molecular formula is C53H88N12O25. The van der Waals surface area contributed by atoms with Gasteiger partial charge in [0, 0.05) is 0 Å². The van der Waals surface area contributed by atoms with Gasteiger partial charge in [-0.1, -0.05) is 32.1 Å². The lowest BCUT2D eigenvalue weighted by molar-refractivity contribution is -0.363. The summed E-state index contributed by atoms with van der Waals surface area (Å²) in [5.41, 5.74) is 12.1. The van der Waals surface area contributed by atoms with Crippen LogP contribution in [-0.2, 0) is 52.5 Å². The smallest absolute Gasteiger partial charge is 0.246 e. The first-order valence-corrected chi connectivity index (χ1v) is 30.3. The van der Waals surface area contributed by atoms with Crippen LogP contribution >= 0.6 is 0 Å². The average molecular weight is 1290 g/mol. The highest BCUT2D eigenvalue weighted by atomic mass is 16.7. The summed E-state index contributed by atoms with van der Waals surface area (Å²) in [6.45, 7) is -5.25. The van der Waals surface area contributed by atoms with Crippen LogP contribution in [-0.4, -0.2) is 322 Å². The van der Waals surface area contributed by atoms with Crippen molar-refractivity contribution in [3.63, 3.8) is 0 Å². The van der Waals surface area contributed by atoms with Gasteiger partial charge in [-0.15, -0.1) is 0 Å². The number of hydrogen-bond acceptors (Lipinski definition) is 31. The Hall–Kier alpha value is -5.40. The van der Waals surface area contributed by atoms with E-state index in [1.165, 1.54) is 0 Å². The normalized spacial score (nSPS) is 41.5. The SMILES string of the molecule is NC1=NCC(C(O)[C@@H]2NC(=O)[C@@H](CC3CCC(O[C@H]4O[C@H](CO)[C@@H](O[C@H]5O[C@H](CO)[C@@H](O)[C@H](O)[C@@H]5O)[C@H](O)[C@@H]4O)CC3)NC(=O)[C@H](CC3CCCCC3)NC(=O)CNC(=O)[C@H](CO)NC(=O)[C@@H](C(O)C3CN=C(N)N3[C@H]3O[C@H](CO)[C@@H](O)[C@H](O)[C@@H]3O)NC2=O)N1. The van der Waals surface area contributed by atoms with Gasteiger partial charge >= 0.3 is 0 Å². The zero-order valence-electron chi connectivity index (χ0n) is 49.1. The van der Waals surface area contributed by atoms with E-state index in [0.717, 1.165) is 24.2 Å². The van der Waals surface area contributed by atoms with Crippen molar-refractivity contribution in [2.75, 3.05) is 46.1 Å². The van der Waals surface area contributed by atoms with E-state index in [4.69, 9.17) is 35.2 Å². The van der Waals surface area contributed by atoms with Crippen LogP contribution in [0.4, 0.5) is 0 Å². The number of amides is 6. The molecule has 90 heavy (non-hydrogen) atoms. The highest BCUT2D eigenvalue weighted by Crippen LogP contribution is 2.36. The first-order valence-electron chi connectivity index (χ1n) is 30.3. The number of aliphatic hydroxyl groups excluding tert-OH is 14. The first-order chi connectivity index (χ1) is 42.9. The molecule has 24 atom stereocenters. The summed E-state index contributed by atoms with van der Waals surface area (Å²) < 4.78 is 28.7. The largest absolute Gasteiger partial charge is 0.394 e. The van der Waals surface area contributed by atoms with E-state index in [-0.39, 0.29) is 56.9 Å². The molecule has 0 bridgehead atoms. The van der Waals surface area contributed by atoms with Gasteiger partial charge in [0.05, 0.1) is 64.2 Å². The third kappa shape index (κ3) is 16.3. The molecule has 2 saturated carbocycles. The molecule has 0 aromatic rings. The average Bonchev–Trinajstić information content (AvgIpc) is 1.58. The molecule has 0 spiro atoms. The van der Waals surface area contributed by atoms with Gasteiger partial charge in [-0.2, -0.15) is 0 Å². The van der Waals surface area contributed by atoms with Crippen molar-refractivity contribution in [3.8, 4) is 0 Å². The lowest BCUT2D eigenvalue weighted by Gasteiger charge is -2.46. The van der Waals surface area contributed by atoms with Gasteiger partial charge in [0.15, 0.2) is 30.7 Å².